The number of ether oxygens (including phenoxy) is 1. The van der Waals surface area contributed by atoms with Crippen LogP contribution in [0.25, 0.3) is 0 Å². The molecule has 0 spiro atoms. The Labute approximate surface area is 167 Å². The van der Waals surface area contributed by atoms with Gasteiger partial charge in [0.2, 0.25) is 9.04 Å². The van der Waals surface area contributed by atoms with E-state index < -0.39 is 20.7 Å². The van der Waals surface area contributed by atoms with Crippen LogP contribution >= 0.6 is 0 Å². The van der Waals surface area contributed by atoms with E-state index >= 15 is 0 Å². The minimum atomic E-state index is -0.882. The van der Waals surface area contributed by atoms with Crippen molar-refractivity contribution in [3.05, 3.63) is 29.3 Å². The molecule has 0 heterocycles. The second-order valence-corrected chi connectivity index (χ2v) is 12.5. The maximum Gasteiger partial charge on any atom is 0.412 e. The van der Waals surface area contributed by atoms with Gasteiger partial charge in [0, 0.05) is 5.69 Å². The number of carbonyl (C=O) groups is 1. The average Bonchev–Trinajstić information content (AvgIpc) is 2.39. The van der Waals surface area contributed by atoms with Crippen molar-refractivity contribution in [3.8, 4) is 0 Å². The van der Waals surface area contributed by atoms with E-state index in [1.54, 1.807) is 0 Å². The molecule has 0 aliphatic rings. The third kappa shape index (κ3) is 8.05. The number of carbonyl (C=O) groups excluding carboxylic acids is 1. The lowest BCUT2D eigenvalue weighted by molar-refractivity contribution is 0.0635. The molecule has 4 nitrogen and oxygen atoms in total. The second kappa shape index (κ2) is 8.35. The first-order valence-corrected chi connectivity index (χ1v) is 12.0. The average molecular weight is 393 g/mol. The fourth-order valence-electron chi connectivity index (χ4n) is 2.71. The quantitative estimate of drug-likeness (QED) is 0.581. The zero-order valence-electron chi connectivity index (χ0n) is 19.0. The molecular formula is C22H38NO3Si. The molecule has 5 heteroatoms. The minimum Gasteiger partial charge on any atom is -0.444 e. The Morgan fingerprint density at radius 2 is 1.52 bits per heavy atom. The highest BCUT2D eigenvalue weighted by Gasteiger charge is 2.30. The molecule has 1 aromatic carbocycles. The summed E-state index contributed by atoms with van der Waals surface area (Å²) in [5, 5.41) is 2.90. The first-order chi connectivity index (χ1) is 12.0. The molecule has 0 aliphatic carbocycles. The molecule has 1 radical (unpaired) electrons. The van der Waals surface area contributed by atoms with Gasteiger partial charge in [-0.2, -0.15) is 0 Å². The summed E-state index contributed by atoms with van der Waals surface area (Å²) in [5.41, 5.74) is 2.35. The van der Waals surface area contributed by atoms with Gasteiger partial charge >= 0.3 is 6.09 Å². The van der Waals surface area contributed by atoms with Gasteiger partial charge in [-0.05, 0) is 68.0 Å². The van der Waals surface area contributed by atoms with E-state index in [4.69, 9.17) is 9.16 Å². The summed E-state index contributed by atoms with van der Waals surface area (Å²) in [6.07, 6.45) is -0.480. The smallest absolute Gasteiger partial charge is 0.412 e. The number of amides is 1. The Morgan fingerprint density at radius 1 is 0.963 bits per heavy atom. The Balaban J connectivity index is 3.37. The van der Waals surface area contributed by atoms with Crippen LogP contribution in [0.5, 0.6) is 0 Å². The van der Waals surface area contributed by atoms with Gasteiger partial charge < -0.3 is 9.16 Å². The van der Waals surface area contributed by atoms with Crippen LogP contribution in [0.1, 0.15) is 79.5 Å². The summed E-state index contributed by atoms with van der Waals surface area (Å²) in [5.74, 6) is 0. The summed E-state index contributed by atoms with van der Waals surface area (Å²) < 4.78 is 11.8. The molecule has 153 valence electrons. The largest absolute Gasteiger partial charge is 0.444 e. The van der Waals surface area contributed by atoms with Gasteiger partial charge in [0.1, 0.15) is 5.60 Å². The number of rotatable bonds is 4. The molecular weight excluding hydrogens is 354 g/mol. The van der Waals surface area contributed by atoms with Crippen molar-refractivity contribution in [1.29, 1.82) is 0 Å². The van der Waals surface area contributed by atoms with Crippen LogP contribution in [0.3, 0.4) is 0 Å². The highest BCUT2D eigenvalue weighted by molar-refractivity contribution is 6.48. The van der Waals surface area contributed by atoms with Gasteiger partial charge in [0.25, 0.3) is 0 Å². The van der Waals surface area contributed by atoms with Crippen LogP contribution in [0.2, 0.25) is 13.1 Å². The zero-order valence-corrected chi connectivity index (χ0v) is 20.0. The van der Waals surface area contributed by atoms with Crippen molar-refractivity contribution in [1.82, 2.24) is 0 Å². The molecule has 1 rings (SSSR count). The van der Waals surface area contributed by atoms with Gasteiger partial charge in [-0.25, -0.2) is 4.79 Å². The van der Waals surface area contributed by atoms with Crippen LogP contribution in [0.15, 0.2) is 18.2 Å². The van der Waals surface area contributed by atoms with E-state index in [1.165, 1.54) is 0 Å². The molecule has 1 atom stereocenters. The lowest BCUT2D eigenvalue weighted by Gasteiger charge is -2.34. The molecule has 1 amide bonds. The standard InChI is InChI=1S/C22H38NO3Si/c1-20(2,3)16-12-15(18(21(4,5)6)26-27(10)11)13-17(14-16)23-19(24)25-22(7,8)9/h12-14,18H,1-11H3,(H,23,24). The van der Waals surface area contributed by atoms with E-state index in [9.17, 15) is 4.79 Å². The Hall–Kier alpha value is -1.33. The van der Waals surface area contributed by atoms with Gasteiger partial charge in [-0.15, -0.1) is 0 Å². The maximum absolute atomic E-state index is 12.3. The first-order valence-electron chi connectivity index (χ1n) is 9.61. The molecule has 0 aliphatic heterocycles. The predicted molar refractivity (Wildman–Crippen MR) is 116 cm³/mol. The lowest BCUT2D eigenvalue weighted by Crippen LogP contribution is -2.28. The van der Waals surface area contributed by atoms with E-state index in [0.717, 1.165) is 16.8 Å². The monoisotopic (exact) mass is 392 g/mol. The molecule has 0 saturated heterocycles. The van der Waals surface area contributed by atoms with Crippen molar-refractivity contribution < 1.29 is 14.0 Å². The summed E-state index contributed by atoms with van der Waals surface area (Å²) in [7, 11) is -0.882. The molecule has 0 bridgehead atoms. The minimum absolute atomic E-state index is 0.0390. The van der Waals surface area contributed by atoms with Gasteiger partial charge in [-0.1, -0.05) is 47.6 Å². The third-order valence-corrected chi connectivity index (χ3v) is 4.62. The van der Waals surface area contributed by atoms with Crippen molar-refractivity contribution >= 4 is 20.8 Å². The summed E-state index contributed by atoms with van der Waals surface area (Å²) in [6.45, 7) is 23.0. The van der Waals surface area contributed by atoms with E-state index in [2.05, 4.69) is 66.0 Å². The lowest BCUT2D eigenvalue weighted by atomic mass is 9.80. The Morgan fingerprint density at radius 3 is 1.93 bits per heavy atom. The van der Waals surface area contributed by atoms with Crippen LogP contribution in [-0.2, 0) is 14.6 Å². The number of anilines is 1. The molecule has 1 unspecified atom stereocenters. The number of benzene rings is 1. The Kier molecular flexibility index (Phi) is 7.34. The predicted octanol–water partition coefficient (Wildman–Crippen LogP) is 6.69. The van der Waals surface area contributed by atoms with Crippen molar-refractivity contribution in [3.63, 3.8) is 0 Å². The number of hydrogen-bond acceptors (Lipinski definition) is 3. The number of nitrogens with one attached hydrogen (secondary N) is 1. The fourth-order valence-corrected chi connectivity index (χ4v) is 3.67. The zero-order chi connectivity index (χ0) is 21.2. The molecule has 1 aromatic rings. The van der Waals surface area contributed by atoms with E-state index in [1.807, 2.05) is 32.9 Å². The second-order valence-electron chi connectivity index (χ2n) is 10.5. The molecule has 27 heavy (non-hydrogen) atoms. The van der Waals surface area contributed by atoms with Gasteiger partial charge in [-0.3, -0.25) is 5.32 Å². The summed E-state index contributed by atoms with van der Waals surface area (Å²) in [4.78, 5) is 12.3. The van der Waals surface area contributed by atoms with Crippen LogP contribution in [0, 0.1) is 5.41 Å². The van der Waals surface area contributed by atoms with Crippen molar-refractivity contribution in [2.75, 3.05) is 5.32 Å². The van der Waals surface area contributed by atoms with E-state index in [0.29, 0.717) is 0 Å². The number of hydrogen-bond donors (Lipinski definition) is 1. The summed E-state index contributed by atoms with van der Waals surface area (Å²) in [6, 6.07) is 6.25. The van der Waals surface area contributed by atoms with E-state index in [-0.39, 0.29) is 16.9 Å². The molecule has 0 fully saturated rings. The van der Waals surface area contributed by atoms with Crippen LogP contribution in [-0.4, -0.2) is 20.7 Å². The first kappa shape index (κ1) is 23.7. The van der Waals surface area contributed by atoms with Crippen molar-refractivity contribution in [2.45, 2.75) is 92.5 Å². The topological polar surface area (TPSA) is 47.6 Å². The molecule has 1 N–H and O–H groups in total. The third-order valence-electron chi connectivity index (χ3n) is 3.91. The normalized spacial score (nSPS) is 14.2. The molecule has 0 saturated carbocycles. The van der Waals surface area contributed by atoms with Crippen LogP contribution < -0.4 is 5.32 Å². The SMILES string of the molecule is C[Si](C)OC(c1cc(NC(=O)OC(C)(C)C)cc(C(C)(C)C)c1)C(C)(C)C. The fraction of sp³-hybridized carbons (Fsp3) is 0.682. The van der Waals surface area contributed by atoms with Crippen LogP contribution in [0.4, 0.5) is 10.5 Å². The van der Waals surface area contributed by atoms with Gasteiger partial charge in [0.15, 0.2) is 0 Å². The molecule has 0 aromatic heterocycles. The Bertz CT molecular complexity index is 649. The highest BCUT2D eigenvalue weighted by atomic mass is 28.3. The highest BCUT2D eigenvalue weighted by Crippen LogP contribution is 2.39. The van der Waals surface area contributed by atoms with Gasteiger partial charge in [0.05, 0.1) is 6.10 Å². The maximum atomic E-state index is 12.3. The van der Waals surface area contributed by atoms with Crippen molar-refractivity contribution in [2.24, 2.45) is 5.41 Å². The summed E-state index contributed by atoms with van der Waals surface area (Å²) >= 11 is 0.